The van der Waals surface area contributed by atoms with Gasteiger partial charge >= 0.3 is 5.97 Å². The summed E-state index contributed by atoms with van der Waals surface area (Å²) in [6.45, 7) is 2.06. The standard InChI is InChI=1S/C8H12O2/c1-6-2-3-7(4-6)5-8(9)10/h4,7H,2-3,5H2,1H3,(H,9,10). The third-order valence-corrected chi connectivity index (χ3v) is 1.87. The number of carboxylic acids is 1. The van der Waals surface area contributed by atoms with Gasteiger partial charge in [0.15, 0.2) is 0 Å². The minimum atomic E-state index is -0.684. The first-order valence-electron chi connectivity index (χ1n) is 3.57. The highest BCUT2D eigenvalue weighted by Crippen LogP contribution is 2.25. The molecule has 0 bridgehead atoms. The second-order valence-electron chi connectivity index (χ2n) is 2.91. The summed E-state index contributed by atoms with van der Waals surface area (Å²) in [6, 6.07) is 0. The molecular weight excluding hydrogens is 128 g/mol. The number of allylic oxidation sites excluding steroid dienone is 2. The maximum absolute atomic E-state index is 10.2. The van der Waals surface area contributed by atoms with Gasteiger partial charge in [-0.05, 0) is 25.7 Å². The summed E-state index contributed by atoms with van der Waals surface area (Å²) >= 11 is 0. The van der Waals surface area contributed by atoms with E-state index in [1.54, 1.807) is 0 Å². The summed E-state index contributed by atoms with van der Waals surface area (Å²) in [5.74, 6) is -0.381. The zero-order valence-electron chi connectivity index (χ0n) is 6.13. The summed E-state index contributed by atoms with van der Waals surface area (Å²) in [7, 11) is 0. The van der Waals surface area contributed by atoms with Crippen LogP contribution in [0.25, 0.3) is 0 Å². The van der Waals surface area contributed by atoms with E-state index in [9.17, 15) is 4.79 Å². The molecule has 0 radical (unpaired) electrons. The SMILES string of the molecule is CC1=CC(CC(=O)O)CC1. The largest absolute Gasteiger partial charge is 0.481 e. The lowest BCUT2D eigenvalue weighted by Crippen LogP contribution is -2.02. The fraction of sp³-hybridized carbons (Fsp3) is 0.625. The van der Waals surface area contributed by atoms with Crippen molar-refractivity contribution >= 4 is 5.97 Å². The lowest BCUT2D eigenvalue weighted by Gasteiger charge is -1.99. The molecule has 0 saturated heterocycles. The predicted molar refractivity (Wildman–Crippen MR) is 38.7 cm³/mol. The lowest BCUT2D eigenvalue weighted by molar-refractivity contribution is -0.137. The van der Waals surface area contributed by atoms with Gasteiger partial charge in [-0.25, -0.2) is 0 Å². The molecule has 0 aromatic heterocycles. The van der Waals surface area contributed by atoms with E-state index in [4.69, 9.17) is 5.11 Å². The second-order valence-corrected chi connectivity index (χ2v) is 2.91. The van der Waals surface area contributed by atoms with Crippen molar-refractivity contribution < 1.29 is 9.90 Å². The molecule has 1 atom stereocenters. The third-order valence-electron chi connectivity index (χ3n) is 1.87. The topological polar surface area (TPSA) is 37.3 Å². The summed E-state index contributed by atoms with van der Waals surface area (Å²) < 4.78 is 0. The van der Waals surface area contributed by atoms with Crippen LogP contribution < -0.4 is 0 Å². The van der Waals surface area contributed by atoms with Crippen LogP contribution in [0.4, 0.5) is 0 Å². The molecule has 0 heterocycles. The van der Waals surface area contributed by atoms with Crippen LogP contribution >= 0.6 is 0 Å². The molecule has 2 nitrogen and oxygen atoms in total. The van der Waals surface area contributed by atoms with Crippen molar-refractivity contribution in [3.05, 3.63) is 11.6 Å². The van der Waals surface area contributed by atoms with Gasteiger partial charge in [-0.1, -0.05) is 11.6 Å². The van der Waals surface area contributed by atoms with Crippen LogP contribution in [0.15, 0.2) is 11.6 Å². The highest BCUT2D eigenvalue weighted by Gasteiger charge is 2.15. The molecule has 2 heteroatoms. The van der Waals surface area contributed by atoms with Gasteiger partial charge < -0.3 is 5.11 Å². The van der Waals surface area contributed by atoms with E-state index in [0.29, 0.717) is 12.3 Å². The Labute approximate surface area is 60.6 Å². The lowest BCUT2D eigenvalue weighted by atomic mass is 10.1. The number of carbonyl (C=O) groups is 1. The number of aliphatic carboxylic acids is 1. The van der Waals surface area contributed by atoms with Gasteiger partial charge in [0.25, 0.3) is 0 Å². The third kappa shape index (κ3) is 1.87. The van der Waals surface area contributed by atoms with Gasteiger partial charge in [0, 0.05) is 0 Å². The summed E-state index contributed by atoms with van der Waals surface area (Å²) in [5.41, 5.74) is 1.34. The Balaban J connectivity index is 2.38. The maximum atomic E-state index is 10.2. The minimum Gasteiger partial charge on any atom is -0.481 e. The van der Waals surface area contributed by atoms with E-state index >= 15 is 0 Å². The Hall–Kier alpha value is -0.790. The van der Waals surface area contributed by atoms with Crippen LogP contribution in [0.2, 0.25) is 0 Å². The Bertz CT molecular complexity index is 170. The van der Waals surface area contributed by atoms with Crippen LogP contribution in [-0.4, -0.2) is 11.1 Å². The molecule has 1 N–H and O–H groups in total. The number of hydrogen-bond acceptors (Lipinski definition) is 1. The first-order valence-corrected chi connectivity index (χ1v) is 3.57. The number of rotatable bonds is 2. The molecule has 0 saturated carbocycles. The molecular formula is C8H12O2. The van der Waals surface area contributed by atoms with E-state index < -0.39 is 5.97 Å². The Morgan fingerprint density at radius 2 is 2.60 bits per heavy atom. The second kappa shape index (κ2) is 2.86. The molecule has 0 aromatic rings. The molecule has 56 valence electrons. The fourth-order valence-electron chi connectivity index (χ4n) is 1.37. The van der Waals surface area contributed by atoms with Gasteiger partial charge in [-0.2, -0.15) is 0 Å². The van der Waals surface area contributed by atoms with Crippen LogP contribution in [0.1, 0.15) is 26.2 Å². The number of hydrogen-bond donors (Lipinski definition) is 1. The first kappa shape index (κ1) is 7.32. The van der Waals surface area contributed by atoms with Crippen LogP contribution in [-0.2, 0) is 4.79 Å². The Kier molecular flexibility index (Phi) is 2.10. The summed E-state index contributed by atoms with van der Waals surface area (Å²) in [6.07, 6.45) is 4.49. The molecule has 0 amide bonds. The van der Waals surface area contributed by atoms with Gasteiger partial charge in [-0.15, -0.1) is 0 Å². The molecule has 1 aliphatic rings. The molecule has 0 fully saturated rings. The van der Waals surface area contributed by atoms with E-state index in [1.807, 2.05) is 0 Å². The van der Waals surface area contributed by atoms with Gasteiger partial charge in [0.2, 0.25) is 0 Å². The van der Waals surface area contributed by atoms with Gasteiger partial charge in [0.05, 0.1) is 6.42 Å². The van der Waals surface area contributed by atoms with E-state index in [2.05, 4.69) is 13.0 Å². The van der Waals surface area contributed by atoms with Crippen molar-refractivity contribution in [3.63, 3.8) is 0 Å². The Morgan fingerprint density at radius 3 is 3.00 bits per heavy atom. The van der Waals surface area contributed by atoms with E-state index in [1.165, 1.54) is 5.57 Å². The summed E-state index contributed by atoms with van der Waals surface area (Å²) in [4.78, 5) is 10.2. The maximum Gasteiger partial charge on any atom is 0.303 e. The summed E-state index contributed by atoms with van der Waals surface area (Å²) in [5, 5.41) is 8.43. The van der Waals surface area contributed by atoms with Crippen LogP contribution in [0.5, 0.6) is 0 Å². The zero-order valence-corrected chi connectivity index (χ0v) is 6.13. The normalized spacial score (nSPS) is 24.5. The van der Waals surface area contributed by atoms with Crippen LogP contribution in [0, 0.1) is 5.92 Å². The van der Waals surface area contributed by atoms with Crippen LogP contribution in [0.3, 0.4) is 0 Å². The minimum absolute atomic E-state index is 0.303. The molecule has 10 heavy (non-hydrogen) atoms. The predicted octanol–water partition coefficient (Wildman–Crippen LogP) is 1.82. The number of carboxylic acid groups (broad SMARTS) is 1. The zero-order chi connectivity index (χ0) is 7.56. The van der Waals surface area contributed by atoms with Gasteiger partial charge in [0.1, 0.15) is 0 Å². The van der Waals surface area contributed by atoms with Crippen molar-refractivity contribution in [1.82, 2.24) is 0 Å². The molecule has 1 rings (SSSR count). The van der Waals surface area contributed by atoms with E-state index in [0.717, 1.165) is 12.8 Å². The Morgan fingerprint density at radius 1 is 1.90 bits per heavy atom. The van der Waals surface area contributed by atoms with Crippen molar-refractivity contribution in [1.29, 1.82) is 0 Å². The molecule has 0 aromatic carbocycles. The molecule has 1 aliphatic carbocycles. The van der Waals surface area contributed by atoms with Gasteiger partial charge in [-0.3, -0.25) is 4.79 Å². The van der Waals surface area contributed by atoms with Crippen molar-refractivity contribution in [2.75, 3.05) is 0 Å². The van der Waals surface area contributed by atoms with Crippen molar-refractivity contribution in [3.8, 4) is 0 Å². The van der Waals surface area contributed by atoms with Crippen molar-refractivity contribution in [2.45, 2.75) is 26.2 Å². The molecule has 0 aliphatic heterocycles. The molecule has 0 spiro atoms. The smallest absolute Gasteiger partial charge is 0.303 e. The van der Waals surface area contributed by atoms with Crippen molar-refractivity contribution in [2.24, 2.45) is 5.92 Å². The first-order chi connectivity index (χ1) is 4.68. The quantitative estimate of drug-likeness (QED) is 0.594. The monoisotopic (exact) mass is 140 g/mol. The fourth-order valence-corrected chi connectivity index (χ4v) is 1.37. The molecule has 1 unspecified atom stereocenters. The highest BCUT2D eigenvalue weighted by atomic mass is 16.4. The average molecular weight is 140 g/mol. The highest BCUT2D eigenvalue weighted by molar-refractivity contribution is 5.67. The van der Waals surface area contributed by atoms with E-state index in [-0.39, 0.29) is 0 Å². The average Bonchev–Trinajstić information content (AvgIpc) is 2.13.